The van der Waals surface area contributed by atoms with Crippen LogP contribution in [0.15, 0.2) is 0 Å². The number of carboxylic acid groups (broad SMARTS) is 1. The Morgan fingerprint density at radius 2 is 2.15 bits per heavy atom. The largest absolute Gasteiger partial charge is 0.480 e. The SMILES string of the molecule is CCSC(=S)N[C@H](C(=O)O)C(C)C. The fourth-order valence-corrected chi connectivity index (χ4v) is 1.77. The Kier molecular flexibility index (Phi) is 6.07. The Morgan fingerprint density at radius 1 is 1.62 bits per heavy atom. The summed E-state index contributed by atoms with van der Waals surface area (Å²) in [5, 5.41) is 11.6. The lowest BCUT2D eigenvalue weighted by atomic mass is 10.1. The van der Waals surface area contributed by atoms with Crippen molar-refractivity contribution < 1.29 is 9.90 Å². The molecule has 0 saturated carbocycles. The van der Waals surface area contributed by atoms with Crippen molar-refractivity contribution >= 4 is 34.3 Å². The lowest BCUT2D eigenvalue weighted by molar-refractivity contribution is -0.140. The van der Waals surface area contributed by atoms with Crippen LogP contribution in [0.3, 0.4) is 0 Å². The van der Waals surface area contributed by atoms with Crippen LogP contribution in [0.1, 0.15) is 20.8 Å². The molecule has 0 rings (SSSR count). The summed E-state index contributed by atoms with van der Waals surface area (Å²) in [5.41, 5.74) is 0. The maximum atomic E-state index is 10.7. The average Bonchev–Trinajstić information content (AvgIpc) is 1.99. The lowest BCUT2D eigenvalue weighted by Crippen LogP contribution is -2.42. The molecule has 0 aliphatic rings. The van der Waals surface area contributed by atoms with Crippen molar-refractivity contribution in [2.75, 3.05) is 5.75 Å². The molecule has 2 N–H and O–H groups in total. The molecular formula is C8H15NO2S2. The van der Waals surface area contributed by atoms with Gasteiger partial charge in [-0.1, -0.05) is 44.8 Å². The molecule has 0 aromatic carbocycles. The van der Waals surface area contributed by atoms with E-state index < -0.39 is 12.0 Å². The molecule has 0 aromatic heterocycles. The summed E-state index contributed by atoms with van der Waals surface area (Å²) in [7, 11) is 0. The minimum atomic E-state index is -0.853. The van der Waals surface area contributed by atoms with Gasteiger partial charge >= 0.3 is 5.97 Å². The van der Waals surface area contributed by atoms with E-state index in [1.54, 1.807) is 0 Å². The van der Waals surface area contributed by atoms with Crippen LogP contribution in [0.5, 0.6) is 0 Å². The van der Waals surface area contributed by atoms with Gasteiger partial charge in [-0.2, -0.15) is 0 Å². The third-order valence-corrected chi connectivity index (χ3v) is 2.62. The Labute approximate surface area is 88.3 Å². The second-order valence-corrected chi connectivity index (χ2v) is 4.87. The van der Waals surface area contributed by atoms with Crippen LogP contribution >= 0.6 is 24.0 Å². The highest BCUT2D eigenvalue weighted by atomic mass is 32.2. The minimum Gasteiger partial charge on any atom is -0.480 e. The van der Waals surface area contributed by atoms with Gasteiger partial charge in [0.05, 0.1) is 0 Å². The maximum absolute atomic E-state index is 10.7. The second-order valence-electron chi connectivity index (χ2n) is 2.92. The molecule has 1 atom stereocenters. The first-order chi connectivity index (χ1) is 5.99. The molecule has 0 aliphatic carbocycles. The molecule has 0 aromatic rings. The number of thiocarbonyl (C=S) groups is 1. The van der Waals surface area contributed by atoms with Crippen LogP contribution in [0.25, 0.3) is 0 Å². The third-order valence-electron chi connectivity index (χ3n) is 1.48. The molecule has 0 radical (unpaired) electrons. The molecule has 0 aliphatic heterocycles. The number of thioether (sulfide) groups is 1. The summed E-state index contributed by atoms with van der Waals surface area (Å²) in [5.74, 6) is 0.0398. The quantitative estimate of drug-likeness (QED) is 0.708. The normalized spacial score (nSPS) is 12.6. The molecule has 76 valence electrons. The Bertz CT molecular complexity index is 195. The first kappa shape index (κ1) is 12.7. The van der Waals surface area contributed by atoms with Crippen molar-refractivity contribution in [1.29, 1.82) is 0 Å². The molecular weight excluding hydrogens is 206 g/mol. The zero-order valence-electron chi connectivity index (χ0n) is 8.03. The molecule has 0 amide bonds. The van der Waals surface area contributed by atoms with E-state index in [1.165, 1.54) is 11.8 Å². The number of aliphatic carboxylic acids is 1. The highest BCUT2D eigenvalue weighted by Gasteiger charge is 2.21. The first-order valence-corrected chi connectivity index (χ1v) is 5.54. The monoisotopic (exact) mass is 221 g/mol. The van der Waals surface area contributed by atoms with Gasteiger partial charge in [-0.25, -0.2) is 4.79 Å². The van der Waals surface area contributed by atoms with Gasteiger partial charge in [-0.05, 0) is 11.7 Å². The van der Waals surface area contributed by atoms with E-state index in [4.69, 9.17) is 17.3 Å². The summed E-state index contributed by atoms with van der Waals surface area (Å²) in [6, 6.07) is -0.577. The lowest BCUT2D eigenvalue weighted by Gasteiger charge is -2.18. The molecule has 0 unspecified atom stereocenters. The van der Waals surface area contributed by atoms with Crippen LogP contribution in [0.4, 0.5) is 0 Å². The topological polar surface area (TPSA) is 49.3 Å². The molecule has 0 spiro atoms. The summed E-state index contributed by atoms with van der Waals surface area (Å²) >= 11 is 6.41. The highest BCUT2D eigenvalue weighted by molar-refractivity contribution is 8.22. The zero-order valence-corrected chi connectivity index (χ0v) is 9.67. The number of rotatable bonds is 4. The van der Waals surface area contributed by atoms with Gasteiger partial charge in [0.2, 0.25) is 0 Å². The Hall–Kier alpha value is -0.290. The van der Waals surface area contributed by atoms with Crippen LogP contribution in [-0.2, 0) is 4.79 Å². The van der Waals surface area contributed by atoms with E-state index in [-0.39, 0.29) is 5.92 Å². The molecule has 13 heavy (non-hydrogen) atoms. The van der Waals surface area contributed by atoms with Crippen molar-refractivity contribution in [2.24, 2.45) is 5.92 Å². The van der Waals surface area contributed by atoms with Gasteiger partial charge in [-0.3, -0.25) is 0 Å². The Morgan fingerprint density at radius 3 is 2.46 bits per heavy atom. The summed E-state index contributed by atoms with van der Waals surface area (Å²) in [6.45, 7) is 5.68. The second kappa shape index (κ2) is 6.21. The molecule has 0 fully saturated rings. The van der Waals surface area contributed by atoms with E-state index in [2.05, 4.69) is 5.32 Å². The third kappa shape index (κ3) is 5.10. The first-order valence-electron chi connectivity index (χ1n) is 4.15. The molecule has 0 heterocycles. The van der Waals surface area contributed by atoms with E-state index in [9.17, 15) is 4.79 Å². The predicted molar refractivity (Wildman–Crippen MR) is 60.1 cm³/mol. The maximum Gasteiger partial charge on any atom is 0.326 e. The molecule has 0 saturated heterocycles. The van der Waals surface area contributed by atoms with E-state index in [0.29, 0.717) is 4.32 Å². The van der Waals surface area contributed by atoms with Crippen molar-refractivity contribution in [1.82, 2.24) is 5.32 Å². The zero-order chi connectivity index (χ0) is 10.4. The number of hydrogen-bond acceptors (Lipinski definition) is 3. The average molecular weight is 221 g/mol. The number of nitrogens with one attached hydrogen (secondary N) is 1. The van der Waals surface area contributed by atoms with Crippen LogP contribution in [0, 0.1) is 5.92 Å². The van der Waals surface area contributed by atoms with Crippen molar-refractivity contribution in [3.05, 3.63) is 0 Å². The van der Waals surface area contributed by atoms with Crippen LogP contribution in [-0.4, -0.2) is 27.2 Å². The summed E-state index contributed by atoms with van der Waals surface area (Å²) in [4.78, 5) is 10.7. The van der Waals surface area contributed by atoms with Gasteiger partial charge in [-0.15, -0.1) is 0 Å². The minimum absolute atomic E-state index is 0.0351. The van der Waals surface area contributed by atoms with Gasteiger partial charge in [0.15, 0.2) is 0 Å². The number of carboxylic acids is 1. The number of carbonyl (C=O) groups is 1. The van der Waals surface area contributed by atoms with E-state index in [0.717, 1.165) is 5.75 Å². The fraction of sp³-hybridized carbons (Fsp3) is 0.750. The summed E-state index contributed by atoms with van der Waals surface area (Å²) < 4.78 is 0.559. The van der Waals surface area contributed by atoms with Crippen LogP contribution in [0.2, 0.25) is 0 Å². The van der Waals surface area contributed by atoms with Gasteiger partial charge in [0.1, 0.15) is 10.4 Å². The van der Waals surface area contributed by atoms with Crippen LogP contribution < -0.4 is 5.32 Å². The van der Waals surface area contributed by atoms with E-state index >= 15 is 0 Å². The molecule has 0 bridgehead atoms. The van der Waals surface area contributed by atoms with Crippen molar-refractivity contribution in [3.8, 4) is 0 Å². The smallest absolute Gasteiger partial charge is 0.326 e. The Balaban J connectivity index is 4.10. The van der Waals surface area contributed by atoms with Gasteiger partial charge < -0.3 is 10.4 Å². The fourth-order valence-electron chi connectivity index (χ4n) is 0.813. The number of hydrogen-bond donors (Lipinski definition) is 2. The van der Waals surface area contributed by atoms with E-state index in [1.807, 2.05) is 20.8 Å². The standard InChI is InChI=1S/C8H15NO2S2/c1-4-13-8(12)9-6(5(2)3)7(10)11/h5-6H,4H2,1-3H3,(H,9,12)(H,10,11)/t6-/m0/s1. The predicted octanol–water partition coefficient (Wildman–Crippen LogP) is 1.72. The van der Waals surface area contributed by atoms with Gasteiger partial charge in [0.25, 0.3) is 0 Å². The van der Waals surface area contributed by atoms with Gasteiger partial charge in [0, 0.05) is 0 Å². The summed E-state index contributed by atoms with van der Waals surface area (Å²) in [6.07, 6.45) is 0. The molecule has 3 nitrogen and oxygen atoms in total. The molecule has 5 heteroatoms. The highest BCUT2D eigenvalue weighted by Crippen LogP contribution is 2.06. The van der Waals surface area contributed by atoms with Crippen molar-refractivity contribution in [3.63, 3.8) is 0 Å². The van der Waals surface area contributed by atoms with Crippen molar-refractivity contribution in [2.45, 2.75) is 26.8 Å².